The van der Waals surface area contributed by atoms with E-state index in [2.05, 4.69) is 31.0 Å². The predicted molar refractivity (Wildman–Crippen MR) is 77.9 cm³/mol. The molecule has 1 unspecified atom stereocenters. The first kappa shape index (κ1) is 15.9. The summed E-state index contributed by atoms with van der Waals surface area (Å²) < 4.78 is 0. The number of aliphatic hydroxyl groups is 1. The van der Waals surface area contributed by atoms with Crippen molar-refractivity contribution < 1.29 is 5.11 Å². The topological polar surface area (TPSA) is 35.5 Å². The van der Waals surface area contributed by atoms with Crippen molar-refractivity contribution in [3.05, 3.63) is 0 Å². The standard InChI is InChI=1S/C15H32N2O/c1-4-9-16-12-15(2,3)13-17-10-7-5-6-8-14(17)11-18/h14,16,18H,4-13H2,1-3H3. The molecule has 0 saturated carbocycles. The molecule has 0 bridgehead atoms. The fourth-order valence-electron chi connectivity index (χ4n) is 2.86. The maximum Gasteiger partial charge on any atom is 0.0586 e. The van der Waals surface area contributed by atoms with E-state index in [1.165, 1.54) is 25.7 Å². The van der Waals surface area contributed by atoms with Gasteiger partial charge in [-0.2, -0.15) is 0 Å². The molecule has 0 aromatic rings. The van der Waals surface area contributed by atoms with Gasteiger partial charge in [-0.15, -0.1) is 0 Å². The molecule has 1 aliphatic rings. The summed E-state index contributed by atoms with van der Waals surface area (Å²) in [4.78, 5) is 2.51. The molecular formula is C15H32N2O. The maximum absolute atomic E-state index is 9.54. The van der Waals surface area contributed by atoms with E-state index in [4.69, 9.17) is 0 Å². The minimum Gasteiger partial charge on any atom is -0.395 e. The van der Waals surface area contributed by atoms with Crippen LogP contribution in [0.3, 0.4) is 0 Å². The molecule has 1 aliphatic heterocycles. The van der Waals surface area contributed by atoms with Gasteiger partial charge in [0.2, 0.25) is 0 Å². The number of likely N-dealkylation sites (tertiary alicyclic amines) is 1. The fraction of sp³-hybridized carbons (Fsp3) is 1.00. The predicted octanol–water partition coefficient (Wildman–Crippen LogP) is 2.25. The molecule has 1 fully saturated rings. The van der Waals surface area contributed by atoms with Crippen molar-refractivity contribution in [1.82, 2.24) is 10.2 Å². The van der Waals surface area contributed by atoms with Gasteiger partial charge in [-0.05, 0) is 37.8 Å². The zero-order valence-corrected chi connectivity index (χ0v) is 12.5. The van der Waals surface area contributed by atoms with Gasteiger partial charge in [0.15, 0.2) is 0 Å². The highest BCUT2D eigenvalue weighted by atomic mass is 16.3. The molecule has 0 spiro atoms. The van der Waals surface area contributed by atoms with E-state index in [9.17, 15) is 5.11 Å². The Morgan fingerprint density at radius 1 is 1.28 bits per heavy atom. The van der Waals surface area contributed by atoms with Crippen LogP contribution < -0.4 is 5.32 Å². The summed E-state index contributed by atoms with van der Waals surface area (Å²) in [5.74, 6) is 0. The van der Waals surface area contributed by atoms with Crippen LogP contribution in [0.25, 0.3) is 0 Å². The van der Waals surface area contributed by atoms with Crippen LogP contribution in [0, 0.1) is 5.41 Å². The first-order chi connectivity index (χ1) is 8.59. The Kier molecular flexibility index (Phi) is 7.20. The lowest BCUT2D eigenvalue weighted by atomic mass is 9.91. The Balaban J connectivity index is 2.45. The molecular weight excluding hydrogens is 224 g/mol. The van der Waals surface area contributed by atoms with Crippen LogP contribution in [0.2, 0.25) is 0 Å². The van der Waals surface area contributed by atoms with Crippen molar-refractivity contribution in [1.29, 1.82) is 0 Å². The van der Waals surface area contributed by atoms with Crippen molar-refractivity contribution >= 4 is 0 Å². The summed E-state index contributed by atoms with van der Waals surface area (Å²) in [6.07, 6.45) is 6.24. The second-order valence-corrected chi connectivity index (χ2v) is 6.50. The molecule has 1 saturated heterocycles. The summed E-state index contributed by atoms with van der Waals surface area (Å²) in [5, 5.41) is 13.1. The Hall–Kier alpha value is -0.120. The zero-order chi connectivity index (χ0) is 13.4. The molecule has 0 aliphatic carbocycles. The first-order valence-electron chi connectivity index (χ1n) is 7.64. The molecule has 1 rings (SSSR count). The molecule has 1 heterocycles. The van der Waals surface area contributed by atoms with Gasteiger partial charge in [0, 0.05) is 19.1 Å². The van der Waals surface area contributed by atoms with E-state index in [0.29, 0.717) is 12.6 Å². The van der Waals surface area contributed by atoms with Crippen LogP contribution in [0.5, 0.6) is 0 Å². The van der Waals surface area contributed by atoms with Crippen LogP contribution >= 0.6 is 0 Å². The second kappa shape index (κ2) is 8.13. The quantitative estimate of drug-likeness (QED) is 0.686. The SMILES string of the molecule is CCCNCC(C)(C)CN1CCCCCC1CO. The highest BCUT2D eigenvalue weighted by molar-refractivity contribution is 4.82. The van der Waals surface area contributed by atoms with Gasteiger partial charge in [-0.25, -0.2) is 0 Å². The van der Waals surface area contributed by atoms with E-state index in [1.807, 2.05) is 0 Å². The third-order valence-electron chi connectivity index (χ3n) is 3.87. The largest absolute Gasteiger partial charge is 0.395 e. The zero-order valence-electron chi connectivity index (χ0n) is 12.5. The van der Waals surface area contributed by atoms with Crippen LogP contribution in [0.4, 0.5) is 0 Å². The van der Waals surface area contributed by atoms with Gasteiger partial charge in [-0.3, -0.25) is 4.90 Å². The Labute approximate surface area is 113 Å². The van der Waals surface area contributed by atoms with Crippen molar-refractivity contribution in [2.45, 2.75) is 58.9 Å². The van der Waals surface area contributed by atoms with Crippen molar-refractivity contribution in [3.8, 4) is 0 Å². The molecule has 0 aromatic carbocycles. The van der Waals surface area contributed by atoms with Crippen LogP contribution in [0.1, 0.15) is 52.9 Å². The summed E-state index contributed by atoms with van der Waals surface area (Å²) in [7, 11) is 0. The maximum atomic E-state index is 9.54. The Bertz CT molecular complexity index is 219. The van der Waals surface area contributed by atoms with Crippen LogP contribution in [-0.4, -0.2) is 48.8 Å². The number of hydrogen-bond acceptors (Lipinski definition) is 3. The van der Waals surface area contributed by atoms with Gasteiger partial charge in [-0.1, -0.05) is 33.6 Å². The van der Waals surface area contributed by atoms with Crippen molar-refractivity contribution in [3.63, 3.8) is 0 Å². The molecule has 0 amide bonds. The lowest BCUT2D eigenvalue weighted by Gasteiger charge is -2.36. The van der Waals surface area contributed by atoms with E-state index in [0.717, 1.165) is 32.6 Å². The Morgan fingerprint density at radius 3 is 2.72 bits per heavy atom. The summed E-state index contributed by atoms with van der Waals surface area (Å²) >= 11 is 0. The van der Waals surface area contributed by atoms with Crippen molar-refractivity contribution in [2.75, 3.05) is 32.8 Å². The number of rotatable bonds is 7. The molecule has 18 heavy (non-hydrogen) atoms. The Morgan fingerprint density at radius 2 is 2.06 bits per heavy atom. The van der Waals surface area contributed by atoms with Gasteiger partial charge >= 0.3 is 0 Å². The minimum atomic E-state index is 0.285. The lowest BCUT2D eigenvalue weighted by molar-refractivity contribution is 0.0863. The summed E-state index contributed by atoms with van der Waals surface area (Å²) in [5.41, 5.74) is 0.285. The normalized spacial score (nSPS) is 23.0. The molecule has 0 aromatic heterocycles. The highest BCUT2D eigenvalue weighted by Gasteiger charge is 2.27. The van der Waals surface area contributed by atoms with E-state index >= 15 is 0 Å². The number of aliphatic hydroxyl groups excluding tert-OH is 1. The van der Waals surface area contributed by atoms with E-state index in [1.54, 1.807) is 0 Å². The smallest absolute Gasteiger partial charge is 0.0586 e. The molecule has 3 heteroatoms. The number of nitrogens with zero attached hydrogens (tertiary/aromatic N) is 1. The third-order valence-corrected chi connectivity index (χ3v) is 3.87. The molecule has 3 nitrogen and oxygen atoms in total. The van der Waals surface area contributed by atoms with Gasteiger partial charge in [0.05, 0.1) is 6.61 Å². The first-order valence-corrected chi connectivity index (χ1v) is 7.64. The average Bonchev–Trinajstić information content (AvgIpc) is 2.53. The summed E-state index contributed by atoms with van der Waals surface area (Å²) in [6.45, 7) is 11.6. The monoisotopic (exact) mass is 256 g/mol. The van der Waals surface area contributed by atoms with Gasteiger partial charge < -0.3 is 10.4 Å². The van der Waals surface area contributed by atoms with Crippen LogP contribution in [-0.2, 0) is 0 Å². The average molecular weight is 256 g/mol. The molecule has 1 atom stereocenters. The van der Waals surface area contributed by atoms with Crippen LogP contribution in [0.15, 0.2) is 0 Å². The van der Waals surface area contributed by atoms with E-state index in [-0.39, 0.29) is 5.41 Å². The summed E-state index contributed by atoms with van der Waals surface area (Å²) in [6, 6.07) is 0.387. The highest BCUT2D eigenvalue weighted by Crippen LogP contribution is 2.22. The van der Waals surface area contributed by atoms with Crippen molar-refractivity contribution in [2.24, 2.45) is 5.41 Å². The number of hydrogen-bond donors (Lipinski definition) is 2. The van der Waals surface area contributed by atoms with Gasteiger partial charge in [0.1, 0.15) is 0 Å². The van der Waals surface area contributed by atoms with Gasteiger partial charge in [0.25, 0.3) is 0 Å². The fourth-order valence-corrected chi connectivity index (χ4v) is 2.86. The third kappa shape index (κ3) is 5.68. The number of nitrogens with one attached hydrogen (secondary N) is 1. The van der Waals surface area contributed by atoms with E-state index < -0.39 is 0 Å². The second-order valence-electron chi connectivity index (χ2n) is 6.50. The molecule has 108 valence electrons. The molecule has 0 radical (unpaired) electrons. The minimum absolute atomic E-state index is 0.285. The lowest BCUT2D eigenvalue weighted by Crippen LogP contribution is -2.46. The molecule has 2 N–H and O–H groups in total.